The lowest BCUT2D eigenvalue weighted by molar-refractivity contribution is -0.181. The highest BCUT2D eigenvalue weighted by Gasteiger charge is 2.41. The van der Waals surface area contributed by atoms with E-state index in [4.69, 9.17) is 25.8 Å². The minimum absolute atomic E-state index is 0.0621. The number of allylic oxidation sites excluding steroid dienone is 1. The van der Waals surface area contributed by atoms with Gasteiger partial charge in [-0.2, -0.15) is 0 Å². The van der Waals surface area contributed by atoms with E-state index in [-0.39, 0.29) is 31.4 Å². The van der Waals surface area contributed by atoms with Crippen molar-refractivity contribution in [2.45, 2.75) is 51.4 Å². The third kappa shape index (κ3) is 5.60. The van der Waals surface area contributed by atoms with E-state index in [9.17, 15) is 14.4 Å². The topological polar surface area (TPSA) is 85.4 Å². The minimum Gasteiger partial charge on any atom is -0.463 e. The number of esters is 1. The summed E-state index contributed by atoms with van der Waals surface area (Å²) in [6.45, 7) is 6.27. The van der Waals surface area contributed by atoms with E-state index in [2.05, 4.69) is 0 Å². The summed E-state index contributed by atoms with van der Waals surface area (Å²) in [6.07, 6.45) is 1.38. The Morgan fingerprint density at radius 2 is 1.79 bits per heavy atom. The molecule has 0 aromatic heterocycles. The first-order chi connectivity index (χ1) is 18.8. The maximum atomic E-state index is 13.4. The Morgan fingerprint density at radius 3 is 2.49 bits per heavy atom. The Bertz CT molecular complexity index is 1290. The average Bonchev–Trinajstić information content (AvgIpc) is 3.39. The summed E-state index contributed by atoms with van der Waals surface area (Å²) in [6, 6.07) is 14.6. The summed E-state index contributed by atoms with van der Waals surface area (Å²) >= 11 is 6.46. The molecule has 2 saturated heterocycles. The first-order valence-corrected chi connectivity index (χ1v) is 13.8. The first kappa shape index (κ1) is 27.4. The van der Waals surface area contributed by atoms with Crippen LogP contribution in [0.3, 0.4) is 0 Å². The molecular weight excluding hydrogens is 520 g/mol. The number of rotatable bonds is 6. The zero-order valence-electron chi connectivity index (χ0n) is 22.3. The summed E-state index contributed by atoms with van der Waals surface area (Å²) in [4.78, 5) is 43.2. The molecule has 3 aliphatic heterocycles. The minimum atomic E-state index is -0.546. The van der Waals surface area contributed by atoms with Crippen molar-refractivity contribution in [3.8, 4) is 0 Å². The lowest BCUT2D eigenvalue weighted by Crippen LogP contribution is -2.47. The Kier molecular flexibility index (Phi) is 8.07. The quantitative estimate of drug-likeness (QED) is 0.484. The molecule has 9 heteroatoms. The van der Waals surface area contributed by atoms with Gasteiger partial charge in [-0.1, -0.05) is 41.9 Å². The number of benzene rings is 2. The van der Waals surface area contributed by atoms with Crippen LogP contribution < -0.4 is 0 Å². The van der Waals surface area contributed by atoms with E-state index < -0.39 is 17.7 Å². The van der Waals surface area contributed by atoms with Gasteiger partial charge in [0.1, 0.15) is 0 Å². The van der Waals surface area contributed by atoms with Crippen molar-refractivity contribution >= 4 is 29.4 Å². The smallest absolute Gasteiger partial charge is 0.336 e. The molecule has 3 heterocycles. The molecule has 0 N–H and O–H groups in total. The molecule has 5 rings (SSSR count). The molecule has 1 spiro atoms. The molecular formula is C30H33ClN2O6. The largest absolute Gasteiger partial charge is 0.463 e. The Morgan fingerprint density at radius 1 is 1.08 bits per heavy atom. The number of nitrogens with zero attached hydrogens (tertiary/aromatic N) is 2. The third-order valence-corrected chi connectivity index (χ3v) is 8.08. The SMILES string of the molecule is CCOC(=O)C1=C(C)N(Cc2cccc(C(=O)N3CCC4(CC3)OCCO4)c2)C(=O)CC1c1ccccc1Cl. The summed E-state index contributed by atoms with van der Waals surface area (Å²) in [5.74, 6) is -1.69. The molecule has 0 aliphatic carbocycles. The highest BCUT2D eigenvalue weighted by atomic mass is 35.5. The highest BCUT2D eigenvalue weighted by Crippen LogP contribution is 2.40. The second-order valence-electron chi connectivity index (χ2n) is 10.1. The van der Waals surface area contributed by atoms with Crippen LogP contribution in [0.5, 0.6) is 0 Å². The van der Waals surface area contributed by atoms with Crippen molar-refractivity contribution in [1.29, 1.82) is 0 Å². The van der Waals surface area contributed by atoms with Gasteiger partial charge in [-0.05, 0) is 43.2 Å². The van der Waals surface area contributed by atoms with Crippen LogP contribution in [0.4, 0.5) is 0 Å². The zero-order chi connectivity index (χ0) is 27.6. The van der Waals surface area contributed by atoms with Gasteiger partial charge in [0.05, 0.1) is 31.9 Å². The Hall–Kier alpha value is -3.20. The van der Waals surface area contributed by atoms with E-state index in [1.54, 1.807) is 30.9 Å². The molecule has 0 bridgehead atoms. The molecule has 0 radical (unpaired) electrons. The maximum absolute atomic E-state index is 13.4. The van der Waals surface area contributed by atoms with E-state index in [1.165, 1.54) is 0 Å². The average molecular weight is 553 g/mol. The number of likely N-dealkylation sites (tertiary alicyclic amines) is 1. The molecule has 0 saturated carbocycles. The van der Waals surface area contributed by atoms with Crippen molar-refractivity contribution in [3.05, 3.63) is 81.5 Å². The normalized spacial score (nSPS) is 21.0. The van der Waals surface area contributed by atoms with E-state index in [0.29, 0.717) is 61.0 Å². The number of ether oxygens (including phenoxy) is 3. The molecule has 2 aromatic carbocycles. The molecule has 39 heavy (non-hydrogen) atoms. The van der Waals surface area contributed by atoms with Crippen molar-refractivity contribution in [1.82, 2.24) is 9.80 Å². The van der Waals surface area contributed by atoms with Gasteiger partial charge in [-0.3, -0.25) is 9.59 Å². The van der Waals surface area contributed by atoms with Crippen LogP contribution in [0.2, 0.25) is 5.02 Å². The van der Waals surface area contributed by atoms with Gasteiger partial charge in [0, 0.05) is 54.6 Å². The van der Waals surface area contributed by atoms with Gasteiger partial charge in [-0.15, -0.1) is 0 Å². The van der Waals surface area contributed by atoms with Crippen molar-refractivity contribution < 1.29 is 28.6 Å². The highest BCUT2D eigenvalue weighted by molar-refractivity contribution is 6.31. The molecule has 2 fully saturated rings. The van der Waals surface area contributed by atoms with Crippen molar-refractivity contribution in [3.63, 3.8) is 0 Å². The summed E-state index contributed by atoms with van der Waals surface area (Å²) in [5, 5.41) is 0.499. The van der Waals surface area contributed by atoms with Crippen LogP contribution in [-0.4, -0.2) is 66.3 Å². The number of hydrogen-bond donors (Lipinski definition) is 0. The number of hydrogen-bond acceptors (Lipinski definition) is 6. The Labute approximate surface area is 233 Å². The molecule has 3 aliphatic rings. The Balaban J connectivity index is 1.37. The van der Waals surface area contributed by atoms with Gasteiger partial charge in [0.25, 0.3) is 5.91 Å². The summed E-state index contributed by atoms with van der Waals surface area (Å²) in [7, 11) is 0. The van der Waals surface area contributed by atoms with Crippen LogP contribution >= 0.6 is 11.6 Å². The number of amides is 2. The van der Waals surface area contributed by atoms with E-state index >= 15 is 0 Å². The fourth-order valence-electron chi connectivity index (χ4n) is 5.70. The molecule has 1 atom stereocenters. The summed E-state index contributed by atoms with van der Waals surface area (Å²) < 4.78 is 16.9. The fourth-order valence-corrected chi connectivity index (χ4v) is 5.97. The third-order valence-electron chi connectivity index (χ3n) is 7.74. The first-order valence-electron chi connectivity index (χ1n) is 13.4. The van der Waals surface area contributed by atoms with E-state index in [0.717, 1.165) is 11.1 Å². The van der Waals surface area contributed by atoms with Crippen molar-refractivity contribution in [2.75, 3.05) is 32.9 Å². The zero-order valence-corrected chi connectivity index (χ0v) is 23.0. The van der Waals surface area contributed by atoms with Crippen LogP contribution in [0.15, 0.2) is 59.8 Å². The van der Waals surface area contributed by atoms with Gasteiger partial charge in [0.15, 0.2) is 5.79 Å². The second kappa shape index (κ2) is 11.5. The number of halogens is 1. The van der Waals surface area contributed by atoms with Crippen LogP contribution in [0.25, 0.3) is 0 Å². The lowest BCUT2D eigenvalue weighted by atomic mass is 9.83. The van der Waals surface area contributed by atoms with Crippen molar-refractivity contribution in [2.24, 2.45) is 0 Å². The van der Waals surface area contributed by atoms with Gasteiger partial charge >= 0.3 is 5.97 Å². The van der Waals surface area contributed by atoms with Gasteiger partial charge in [0.2, 0.25) is 5.91 Å². The van der Waals surface area contributed by atoms with Crippen LogP contribution in [0, 0.1) is 0 Å². The monoisotopic (exact) mass is 552 g/mol. The van der Waals surface area contributed by atoms with Gasteiger partial charge in [-0.25, -0.2) is 4.79 Å². The second-order valence-corrected chi connectivity index (χ2v) is 10.5. The lowest BCUT2D eigenvalue weighted by Gasteiger charge is -2.37. The maximum Gasteiger partial charge on any atom is 0.336 e. The molecule has 2 amide bonds. The number of carbonyl (C=O) groups excluding carboxylic acids is 3. The van der Waals surface area contributed by atoms with E-state index in [1.807, 2.05) is 41.3 Å². The molecule has 2 aromatic rings. The number of carbonyl (C=O) groups is 3. The fraction of sp³-hybridized carbons (Fsp3) is 0.433. The van der Waals surface area contributed by atoms with Crippen LogP contribution in [-0.2, 0) is 30.3 Å². The standard InChI is InChI=1S/C30H33ClN2O6/c1-3-37-29(36)27-20(2)33(26(34)18-24(27)23-9-4-5-10-25(23)31)19-21-7-6-8-22(17-21)28(35)32-13-11-30(12-14-32)38-15-16-39-30/h4-10,17,24H,3,11-16,18-19H2,1-2H3. The molecule has 1 unspecified atom stereocenters. The predicted octanol–water partition coefficient (Wildman–Crippen LogP) is 4.67. The number of piperidine rings is 1. The van der Waals surface area contributed by atoms with Crippen LogP contribution in [0.1, 0.15) is 60.5 Å². The molecule has 206 valence electrons. The predicted molar refractivity (Wildman–Crippen MR) is 145 cm³/mol. The molecule has 8 nitrogen and oxygen atoms in total. The van der Waals surface area contributed by atoms with Gasteiger partial charge < -0.3 is 24.0 Å². The summed E-state index contributed by atoms with van der Waals surface area (Å²) in [5.41, 5.74) is 3.03.